The minimum absolute atomic E-state index is 0.151. The maximum absolute atomic E-state index is 12.6. The molecule has 0 fully saturated rings. The zero-order valence-electron chi connectivity index (χ0n) is 12.6. The topological polar surface area (TPSA) is 114 Å². The number of carbonyl (C=O) groups excluding carboxylic acids is 1. The molecule has 0 saturated heterocycles. The number of imidazole rings is 1. The smallest absolute Gasteiger partial charge is 0.270 e. The quantitative estimate of drug-likeness (QED) is 0.671. The first-order valence-corrected chi connectivity index (χ1v) is 6.89. The highest BCUT2D eigenvalue weighted by Crippen LogP contribution is 2.15. The van der Waals surface area contributed by atoms with Crippen molar-refractivity contribution in [1.29, 1.82) is 0 Å². The van der Waals surface area contributed by atoms with E-state index in [1.807, 2.05) is 39.1 Å². The van der Waals surface area contributed by atoms with Gasteiger partial charge < -0.3 is 11.1 Å². The molecule has 3 aromatic heterocycles. The van der Waals surface area contributed by atoms with Crippen molar-refractivity contribution in [3.8, 4) is 0 Å². The van der Waals surface area contributed by atoms with Crippen molar-refractivity contribution in [2.45, 2.75) is 26.8 Å². The van der Waals surface area contributed by atoms with Gasteiger partial charge in [0, 0.05) is 6.20 Å². The van der Waals surface area contributed by atoms with Crippen molar-refractivity contribution in [3.63, 3.8) is 0 Å². The van der Waals surface area contributed by atoms with Crippen LogP contribution in [0.5, 0.6) is 0 Å². The lowest BCUT2D eigenvalue weighted by Gasteiger charge is -2.11. The number of aryl methyl sites for hydroxylation is 2. The fourth-order valence-electron chi connectivity index (χ4n) is 2.36. The lowest BCUT2D eigenvalue weighted by molar-refractivity contribution is 0.0931. The summed E-state index contributed by atoms with van der Waals surface area (Å²) in [4.78, 5) is 21.0. The van der Waals surface area contributed by atoms with Gasteiger partial charge in [-0.2, -0.15) is 4.98 Å². The van der Waals surface area contributed by atoms with Crippen molar-refractivity contribution in [2.24, 2.45) is 0 Å². The fraction of sp³-hybridized carbons (Fsp3) is 0.286. The van der Waals surface area contributed by atoms with Crippen LogP contribution in [0, 0.1) is 13.8 Å². The van der Waals surface area contributed by atoms with Crippen molar-refractivity contribution in [1.82, 2.24) is 29.9 Å². The summed E-state index contributed by atoms with van der Waals surface area (Å²) in [5, 5.41) is 9.33. The highest BCUT2D eigenvalue weighted by Gasteiger charge is 2.20. The number of aromatic amines is 1. The predicted molar refractivity (Wildman–Crippen MR) is 81.3 cm³/mol. The number of nitrogen functional groups attached to an aromatic ring is 1. The number of hydrogen-bond donors (Lipinski definition) is 3. The summed E-state index contributed by atoms with van der Waals surface area (Å²) >= 11 is 0. The molecule has 0 saturated carbocycles. The van der Waals surface area contributed by atoms with Gasteiger partial charge in [-0.25, -0.2) is 4.98 Å². The van der Waals surface area contributed by atoms with Gasteiger partial charge in [0.05, 0.1) is 11.7 Å². The molecule has 0 unspecified atom stereocenters. The standard InChI is InChI=1S/C14H17N7O/c1-7-4-5-10-16-8(2)11(21(10)6-7)13(22)17-9(3)12-18-14(15)20-19-12/h4-6,9H,1-3H3,(H,17,22)(H3,15,18,19,20)/t9-/m0/s1. The van der Waals surface area contributed by atoms with Crippen LogP contribution in [0.2, 0.25) is 0 Å². The highest BCUT2D eigenvalue weighted by atomic mass is 16.2. The first-order chi connectivity index (χ1) is 10.5. The van der Waals surface area contributed by atoms with Crippen LogP contribution in [0.1, 0.15) is 40.5 Å². The average molecular weight is 299 g/mol. The number of amides is 1. The van der Waals surface area contributed by atoms with Crippen molar-refractivity contribution in [3.05, 3.63) is 41.1 Å². The molecule has 3 heterocycles. The third-order valence-electron chi connectivity index (χ3n) is 3.43. The average Bonchev–Trinajstić information content (AvgIpc) is 3.01. The van der Waals surface area contributed by atoms with E-state index in [9.17, 15) is 4.79 Å². The monoisotopic (exact) mass is 299 g/mol. The van der Waals surface area contributed by atoms with E-state index in [0.29, 0.717) is 17.2 Å². The van der Waals surface area contributed by atoms with Crippen LogP contribution in [0.4, 0.5) is 5.95 Å². The molecule has 0 aliphatic heterocycles. The lowest BCUT2D eigenvalue weighted by Crippen LogP contribution is -2.29. The van der Waals surface area contributed by atoms with E-state index in [0.717, 1.165) is 11.2 Å². The normalized spacial score (nSPS) is 12.5. The van der Waals surface area contributed by atoms with Crippen molar-refractivity contribution >= 4 is 17.5 Å². The van der Waals surface area contributed by atoms with E-state index in [1.165, 1.54) is 0 Å². The molecule has 114 valence electrons. The number of nitrogens with two attached hydrogens (primary N) is 1. The number of nitrogens with zero attached hydrogens (tertiary/aromatic N) is 4. The Labute approximate surface area is 126 Å². The molecule has 22 heavy (non-hydrogen) atoms. The molecule has 4 N–H and O–H groups in total. The van der Waals surface area contributed by atoms with Crippen LogP contribution in [0.3, 0.4) is 0 Å². The Morgan fingerprint density at radius 2 is 2.14 bits per heavy atom. The second-order valence-corrected chi connectivity index (χ2v) is 5.25. The lowest BCUT2D eigenvalue weighted by atomic mass is 10.2. The van der Waals surface area contributed by atoms with Crippen molar-refractivity contribution < 1.29 is 4.79 Å². The van der Waals surface area contributed by atoms with Gasteiger partial charge in [-0.15, -0.1) is 5.10 Å². The first-order valence-electron chi connectivity index (χ1n) is 6.89. The molecule has 0 aliphatic rings. The summed E-state index contributed by atoms with van der Waals surface area (Å²) in [6.45, 7) is 5.59. The number of H-pyrrole nitrogens is 1. The van der Waals surface area contributed by atoms with E-state index in [4.69, 9.17) is 5.73 Å². The Balaban J connectivity index is 1.92. The highest BCUT2D eigenvalue weighted by molar-refractivity contribution is 5.94. The zero-order chi connectivity index (χ0) is 15.9. The van der Waals surface area contributed by atoms with E-state index in [2.05, 4.69) is 25.5 Å². The van der Waals surface area contributed by atoms with Crippen LogP contribution in [0.15, 0.2) is 18.3 Å². The largest absolute Gasteiger partial charge is 0.367 e. The number of anilines is 1. The van der Waals surface area contributed by atoms with Crippen LogP contribution >= 0.6 is 0 Å². The number of rotatable bonds is 3. The number of carbonyl (C=O) groups is 1. The van der Waals surface area contributed by atoms with E-state index in [-0.39, 0.29) is 17.9 Å². The molecule has 1 amide bonds. The summed E-state index contributed by atoms with van der Waals surface area (Å²) in [6, 6.07) is 3.51. The molecule has 0 aromatic carbocycles. The first kappa shape index (κ1) is 14.1. The Kier molecular flexibility index (Phi) is 3.28. The number of hydrogen-bond acceptors (Lipinski definition) is 5. The van der Waals surface area contributed by atoms with E-state index in [1.54, 1.807) is 4.40 Å². The summed E-state index contributed by atoms with van der Waals surface area (Å²) in [7, 11) is 0. The summed E-state index contributed by atoms with van der Waals surface area (Å²) < 4.78 is 1.79. The summed E-state index contributed by atoms with van der Waals surface area (Å²) in [5.74, 6) is 0.435. The van der Waals surface area contributed by atoms with Gasteiger partial charge in [0.1, 0.15) is 17.2 Å². The molecular weight excluding hydrogens is 282 g/mol. The van der Waals surface area contributed by atoms with E-state index >= 15 is 0 Å². The number of pyridine rings is 1. The second kappa shape index (κ2) is 5.14. The third kappa shape index (κ3) is 2.39. The fourth-order valence-corrected chi connectivity index (χ4v) is 2.36. The number of fused-ring (bicyclic) bond motifs is 1. The molecule has 1 atom stereocenters. The third-order valence-corrected chi connectivity index (χ3v) is 3.43. The van der Waals surface area contributed by atoms with Crippen molar-refractivity contribution in [2.75, 3.05) is 5.73 Å². The molecular formula is C14H17N7O. The van der Waals surface area contributed by atoms with Gasteiger partial charge in [0.2, 0.25) is 5.95 Å². The number of aromatic nitrogens is 5. The molecule has 0 bridgehead atoms. The van der Waals surface area contributed by atoms with E-state index < -0.39 is 0 Å². The minimum Gasteiger partial charge on any atom is -0.367 e. The predicted octanol–water partition coefficient (Wildman–Crippen LogP) is 1.14. The Morgan fingerprint density at radius 1 is 1.36 bits per heavy atom. The molecule has 0 aliphatic carbocycles. The maximum atomic E-state index is 12.6. The van der Waals surface area contributed by atoms with Crippen LogP contribution in [0.25, 0.3) is 5.65 Å². The Bertz CT molecular complexity index is 848. The molecule has 8 heteroatoms. The van der Waals surface area contributed by atoms with Gasteiger partial charge in [0.15, 0.2) is 0 Å². The minimum atomic E-state index is -0.341. The van der Waals surface area contributed by atoms with Crippen LogP contribution in [-0.4, -0.2) is 30.5 Å². The van der Waals surface area contributed by atoms with Gasteiger partial charge >= 0.3 is 0 Å². The summed E-state index contributed by atoms with van der Waals surface area (Å²) in [5.41, 5.74) is 8.45. The molecule has 3 rings (SSSR count). The van der Waals surface area contributed by atoms with Gasteiger partial charge in [-0.05, 0) is 32.4 Å². The zero-order valence-corrected chi connectivity index (χ0v) is 12.6. The Morgan fingerprint density at radius 3 is 2.82 bits per heavy atom. The molecule has 0 radical (unpaired) electrons. The van der Waals surface area contributed by atoms with Gasteiger partial charge in [0.25, 0.3) is 5.91 Å². The Hall–Kier alpha value is -2.90. The molecule has 8 nitrogen and oxygen atoms in total. The van der Waals surface area contributed by atoms with Crippen LogP contribution in [-0.2, 0) is 0 Å². The summed E-state index contributed by atoms with van der Waals surface area (Å²) in [6.07, 6.45) is 1.89. The van der Waals surface area contributed by atoms with Crippen LogP contribution < -0.4 is 11.1 Å². The second-order valence-electron chi connectivity index (χ2n) is 5.25. The number of nitrogens with one attached hydrogen (secondary N) is 2. The van der Waals surface area contributed by atoms with Gasteiger partial charge in [-0.3, -0.25) is 14.3 Å². The SMILES string of the molecule is Cc1ccc2nc(C)c(C(=O)N[C@@H](C)c3nc(N)n[nH]3)n2c1. The van der Waals surface area contributed by atoms with Gasteiger partial charge in [-0.1, -0.05) is 6.07 Å². The maximum Gasteiger partial charge on any atom is 0.270 e. The molecule has 0 spiro atoms. The molecule has 3 aromatic rings.